The maximum Gasteiger partial charge on any atom is 0.252 e. The van der Waals surface area contributed by atoms with Gasteiger partial charge in [0.25, 0.3) is 5.78 Å². The summed E-state index contributed by atoms with van der Waals surface area (Å²) < 4.78 is 1.72. The van der Waals surface area contributed by atoms with Crippen LogP contribution in [0.5, 0.6) is 0 Å². The first kappa shape index (κ1) is 17.1. The van der Waals surface area contributed by atoms with Crippen LogP contribution in [-0.4, -0.2) is 30.5 Å². The highest BCUT2D eigenvalue weighted by Gasteiger charge is 2.16. The van der Waals surface area contributed by atoms with Gasteiger partial charge in [-0.3, -0.25) is 4.79 Å². The molecule has 136 valence electrons. The van der Waals surface area contributed by atoms with Crippen molar-refractivity contribution in [1.29, 1.82) is 0 Å². The first-order valence-electron chi connectivity index (χ1n) is 9.02. The molecule has 3 heterocycles. The van der Waals surface area contributed by atoms with E-state index < -0.39 is 0 Å². The van der Waals surface area contributed by atoms with E-state index in [0.717, 1.165) is 34.8 Å². The van der Waals surface area contributed by atoms with Crippen LogP contribution in [0, 0.1) is 13.8 Å². The van der Waals surface area contributed by atoms with Gasteiger partial charge in [0.1, 0.15) is 11.3 Å². The molecular weight excluding hydrogens is 348 g/mol. The summed E-state index contributed by atoms with van der Waals surface area (Å²) in [5.41, 5.74) is 4.20. The third-order valence-electron chi connectivity index (χ3n) is 4.92. The van der Waals surface area contributed by atoms with Crippen LogP contribution in [0.25, 0.3) is 5.78 Å². The summed E-state index contributed by atoms with van der Waals surface area (Å²) in [5.74, 6) is 0.636. The Morgan fingerprint density at radius 3 is 2.96 bits per heavy atom. The first-order chi connectivity index (χ1) is 12.6. The quantitative estimate of drug-likeness (QED) is 0.745. The van der Waals surface area contributed by atoms with Gasteiger partial charge in [-0.1, -0.05) is 0 Å². The molecule has 26 heavy (non-hydrogen) atoms. The third-order valence-corrected chi connectivity index (χ3v) is 6.07. The van der Waals surface area contributed by atoms with Crippen molar-refractivity contribution in [3.05, 3.63) is 38.9 Å². The van der Waals surface area contributed by atoms with Gasteiger partial charge in [0.2, 0.25) is 5.91 Å². The van der Waals surface area contributed by atoms with Crippen molar-refractivity contribution in [1.82, 2.24) is 29.9 Å². The summed E-state index contributed by atoms with van der Waals surface area (Å²) in [4.78, 5) is 26.9. The number of thiazole rings is 1. The van der Waals surface area contributed by atoms with E-state index >= 15 is 0 Å². The third kappa shape index (κ3) is 3.33. The van der Waals surface area contributed by atoms with Crippen molar-refractivity contribution in [2.45, 2.75) is 58.9 Å². The van der Waals surface area contributed by atoms with Gasteiger partial charge < -0.3 is 5.32 Å². The molecule has 1 amide bonds. The maximum atomic E-state index is 12.3. The number of rotatable bonds is 5. The lowest BCUT2D eigenvalue weighted by atomic mass is 10.0. The van der Waals surface area contributed by atoms with Gasteiger partial charge in [0, 0.05) is 22.7 Å². The minimum atomic E-state index is 0.0376. The molecule has 0 fully saturated rings. The zero-order valence-corrected chi connectivity index (χ0v) is 15.9. The number of fused-ring (bicyclic) bond motifs is 2. The molecule has 0 aliphatic heterocycles. The fraction of sp³-hybridized carbons (Fsp3) is 0.500. The standard InChI is InChI=1S/C18H22N6OS/c1-11-13(12(2)24-18(22-11)20-10-21-24)7-8-16(25)19-9-17-23-14-5-3-4-6-15(14)26-17/h10H,3-9H2,1-2H3,(H,19,25). The lowest BCUT2D eigenvalue weighted by Crippen LogP contribution is -2.23. The van der Waals surface area contributed by atoms with E-state index in [0.29, 0.717) is 25.2 Å². The number of carbonyl (C=O) groups is 1. The largest absolute Gasteiger partial charge is 0.350 e. The van der Waals surface area contributed by atoms with Gasteiger partial charge in [-0.05, 0) is 51.5 Å². The molecule has 8 heteroatoms. The number of aryl methyl sites for hydroxylation is 4. The number of amides is 1. The molecule has 0 saturated heterocycles. The lowest BCUT2D eigenvalue weighted by Gasteiger charge is -2.10. The number of hydrogen-bond donors (Lipinski definition) is 1. The highest BCUT2D eigenvalue weighted by atomic mass is 32.1. The van der Waals surface area contributed by atoms with E-state index in [-0.39, 0.29) is 5.91 Å². The molecule has 1 aliphatic carbocycles. The van der Waals surface area contributed by atoms with E-state index in [1.807, 2.05) is 13.8 Å². The normalized spacial score (nSPS) is 13.8. The highest BCUT2D eigenvalue weighted by molar-refractivity contribution is 7.11. The van der Waals surface area contributed by atoms with E-state index in [1.165, 1.54) is 29.7 Å². The second kappa shape index (κ2) is 7.11. The topological polar surface area (TPSA) is 85.1 Å². The molecule has 0 spiro atoms. The van der Waals surface area contributed by atoms with E-state index in [1.54, 1.807) is 15.9 Å². The molecule has 0 atom stereocenters. The molecule has 0 unspecified atom stereocenters. The van der Waals surface area contributed by atoms with Crippen molar-refractivity contribution in [2.24, 2.45) is 0 Å². The molecule has 0 radical (unpaired) electrons. The van der Waals surface area contributed by atoms with Crippen LogP contribution in [0.2, 0.25) is 0 Å². The lowest BCUT2D eigenvalue weighted by molar-refractivity contribution is -0.121. The Balaban J connectivity index is 1.36. The molecular formula is C18H22N6OS. The second-order valence-electron chi connectivity index (χ2n) is 6.69. The number of nitrogens with zero attached hydrogens (tertiary/aromatic N) is 5. The average Bonchev–Trinajstić information content (AvgIpc) is 3.25. The van der Waals surface area contributed by atoms with E-state index in [2.05, 4.69) is 25.4 Å². The minimum Gasteiger partial charge on any atom is -0.350 e. The van der Waals surface area contributed by atoms with Gasteiger partial charge in [-0.2, -0.15) is 10.1 Å². The van der Waals surface area contributed by atoms with E-state index in [9.17, 15) is 4.79 Å². The molecule has 1 N–H and O–H groups in total. The van der Waals surface area contributed by atoms with Gasteiger partial charge in [-0.25, -0.2) is 14.5 Å². The van der Waals surface area contributed by atoms with Crippen LogP contribution in [-0.2, 0) is 30.6 Å². The Bertz CT molecular complexity index is 937. The average molecular weight is 370 g/mol. The smallest absolute Gasteiger partial charge is 0.252 e. The summed E-state index contributed by atoms with van der Waals surface area (Å²) in [6, 6.07) is 0. The van der Waals surface area contributed by atoms with Crippen molar-refractivity contribution in [2.75, 3.05) is 0 Å². The predicted molar refractivity (Wildman–Crippen MR) is 99.2 cm³/mol. The van der Waals surface area contributed by atoms with Gasteiger partial charge in [0.15, 0.2) is 0 Å². The Hall–Kier alpha value is -2.35. The van der Waals surface area contributed by atoms with Crippen molar-refractivity contribution < 1.29 is 4.79 Å². The number of nitrogens with one attached hydrogen (secondary N) is 1. The summed E-state index contributed by atoms with van der Waals surface area (Å²) in [7, 11) is 0. The zero-order valence-electron chi connectivity index (χ0n) is 15.1. The molecule has 0 aromatic carbocycles. The van der Waals surface area contributed by atoms with Crippen molar-refractivity contribution in [3.63, 3.8) is 0 Å². The van der Waals surface area contributed by atoms with Gasteiger partial charge in [-0.15, -0.1) is 11.3 Å². The van der Waals surface area contributed by atoms with Crippen LogP contribution in [0.15, 0.2) is 6.33 Å². The fourth-order valence-corrected chi connectivity index (χ4v) is 4.60. The molecule has 0 bridgehead atoms. The molecule has 3 aromatic heterocycles. The molecule has 0 saturated carbocycles. The first-order valence-corrected chi connectivity index (χ1v) is 9.83. The number of aromatic nitrogens is 5. The van der Waals surface area contributed by atoms with Crippen LogP contribution in [0.1, 0.15) is 51.8 Å². The summed E-state index contributed by atoms with van der Waals surface area (Å²) in [6.07, 6.45) is 7.26. The van der Waals surface area contributed by atoms with Crippen LogP contribution < -0.4 is 5.32 Å². The monoisotopic (exact) mass is 370 g/mol. The number of carbonyl (C=O) groups excluding carboxylic acids is 1. The Morgan fingerprint density at radius 1 is 1.27 bits per heavy atom. The van der Waals surface area contributed by atoms with Crippen molar-refractivity contribution >= 4 is 23.0 Å². The van der Waals surface area contributed by atoms with Crippen LogP contribution >= 0.6 is 11.3 Å². The van der Waals surface area contributed by atoms with Gasteiger partial charge >= 0.3 is 0 Å². The fourth-order valence-electron chi connectivity index (χ4n) is 3.50. The summed E-state index contributed by atoms with van der Waals surface area (Å²) in [5, 5.41) is 8.21. The SMILES string of the molecule is Cc1nc2ncnn2c(C)c1CCC(=O)NCc1nc2c(s1)CCCC2. The van der Waals surface area contributed by atoms with Crippen LogP contribution in [0.4, 0.5) is 0 Å². The van der Waals surface area contributed by atoms with E-state index in [4.69, 9.17) is 0 Å². The Labute approximate surface area is 155 Å². The predicted octanol–water partition coefficient (Wildman–Crippen LogP) is 2.33. The molecule has 3 aromatic rings. The second-order valence-corrected chi connectivity index (χ2v) is 7.86. The zero-order chi connectivity index (χ0) is 18.1. The summed E-state index contributed by atoms with van der Waals surface area (Å²) in [6.45, 7) is 4.47. The van der Waals surface area contributed by atoms with Crippen LogP contribution in [0.3, 0.4) is 0 Å². The Kier molecular flexibility index (Phi) is 4.67. The summed E-state index contributed by atoms with van der Waals surface area (Å²) >= 11 is 1.74. The number of hydrogen-bond acceptors (Lipinski definition) is 6. The molecule has 7 nitrogen and oxygen atoms in total. The molecule has 1 aliphatic rings. The van der Waals surface area contributed by atoms with Gasteiger partial charge in [0.05, 0.1) is 12.2 Å². The highest BCUT2D eigenvalue weighted by Crippen LogP contribution is 2.26. The maximum absolute atomic E-state index is 12.3. The molecule has 4 rings (SSSR count). The minimum absolute atomic E-state index is 0.0376. The Morgan fingerprint density at radius 2 is 2.12 bits per heavy atom. The van der Waals surface area contributed by atoms with Crippen molar-refractivity contribution in [3.8, 4) is 0 Å².